The molecule has 170 valence electrons. The first kappa shape index (κ1) is 24.6. The number of rotatable bonds is 10. The average Bonchev–Trinajstić information content (AvgIpc) is 2.75. The molecule has 2 rings (SSSR count). The van der Waals surface area contributed by atoms with E-state index < -0.39 is 12.3 Å². The predicted octanol–water partition coefficient (Wildman–Crippen LogP) is 2.68. The Labute approximate surface area is 182 Å². The Morgan fingerprint density at radius 3 is 2.56 bits per heavy atom. The molecular weight excluding hydrogens is 427 g/mol. The molecule has 8 nitrogen and oxygen atoms in total. The lowest BCUT2D eigenvalue weighted by Gasteiger charge is -2.10. The number of hydrogen-bond donors (Lipinski definition) is 4. The zero-order valence-corrected chi connectivity index (χ0v) is 16.9. The van der Waals surface area contributed by atoms with Crippen LogP contribution in [-0.2, 0) is 4.79 Å². The van der Waals surface area contributed by atoms with Crippen LogP contribution in [0, 0.1) is 0 Å². The fraction of sp³-hybridized carbons (Fsp3) is 0.190. The fourth-order valence-electron chi connectivity index (χ4n) is 2.40. The van der Waals surface area contributed by atoms with Crippen molar-refractivity contribution in [2.45, 2.75) is 6.36 Å². The molecule has 1 aromatic carbocycles. The zero-order chi connectivity index (χ0) is 23.6. The van der Waals surface area contributed by atoms with E-state index in [2.05, 4.69) is 31.9 Å². The molecule has 11 heteroatoms. The molecule has 1 amide bonds. The third-order valence-electron chi connectivity index (χ3n) is 3.82. The third kappa shape index (κ3) is 8.20. The average molecular weight is 449 g/mol. The Morgan fingerprint density at radius 2 is 1.94 bits per heavy atom. The van der Waals surface area contributed by atoms with E-state index in [0.717, 1.165) is 0 Å². The van der Waals surface area contributed by atoms with Crippen molar-refractivity contribution in [1.82, 2.24) is 15.3 Å². The lowest BCUT2D eigenvalue weighted by Crippen LogP contribution is -2.27. The molecule has 0 saturated heterocycles. The topological polar surface area (TPSA) is 122 Å². The minimum absolute atomic E-state index is 0.111. The molecule has 0 bridgehead atoms. The molecular formula is C21H22F3N5O3. The first-order valence-corrected chi connectivity index (χ1v) is 9.33. The van der Waals surface area contributed by atoms with Crippen LogP contribution in [0.1, 0.15) is 5.69 Å². The molecule has 1 heterocycles. The number of aliphatic hydroxyl groups is 1. The molecule has 0 fully saturated rings. The summed E-state index contributed by atoms with van der Waals surface area (Å²) in [5, 5.41) is 14.3. The van der Waals surface area contributed by atoms with Crippen molar-refractivity contribution in [3.8, 4) is 5.75 Å². The lowest BCUT2D eigenvalue weighted by molar-refractivity contribution is -0.274. The molecule has 32 heavy (non-hydrogen) atoms. The quantitative estimate of drug-likeness (QED) is 0.325. The van der Waals surface area contributed by atoms with Crippen molar-refractivity contribution in [2.75, 3.05) is 25.0 Å². The van der Waals surface area contributed by atoms with Gasteiger partial charge in [0.1, 0.15) is 17.9 Å². The summed E-state index contributed by atoms with van der Waals surface area (Å²) in [6.45, 7) is 3.98. The van der Waals surface area contributed by atoms with Crippen molar-refractivity contribution in [3.05, 3.63) is 72.7 Å². The van der Waals surface area contributed by atoms with Crippen molar-refractivity contribution in [2.24, 2.45) is 5.73 Å². The summed E-state index contributed by atoms with van der Waals surface area (Å²) in [4.78, 5) is 20.3. The van der Waals surface area contributed by atoms with Gasteiger partial charge in [-0.1, -0.05) is 18.7 Å². The smallest absolute Gasteiger partial charge is 0.406 e. The van der Waals surface area contributed by atoms with Gasteiger partial charge in [0.05, 0.1) is 12.3 Å². The summed E-state index contributed by atoms with van der Waals surface area (Å²) in [5.74, 6) is -0.349. The number of aliphatic hydroxyl groups excluding tert-OH is 1. The molecule has 0 radical (unpaired) electrons. The van der Waals surface area contributed by atoms with Crippen LogP contribution in [0.4, 0.5) is 24.7 Å². The number of allylic oxidation sites excluding steroid dienone is 2. The van der Waals surface area contributed by atoms with Gasteiger partial charge in [-0.25, -0.2) is 9.97 Å². The highest BCUT2D eigenvalue weighted by Gasteiger charge is 2.30. The first-order valence-electron chi connectivity index (χ1n) is 9.33. The van der Waals surface area contributed by atoms with E-state index in [1.807, 2.05) is 0 Å². The maximum absolute atomic E-state index is 12.3. The van der Waals surface area contributed by atoms with Crippen molar-refractivity contribution >= 4 is 23.0 Å². The normalized spacial score (nSPS) is 12.0. The Kier molecular flexibility index (Phi) is 8.93. The van der Waals surface area contributed by atoms with Gasteiger partial charge in [-0.05, 0) is 35.9 Å². The van der Waals surface area contributed by atoms with Gasteiger partial charge in [0.2, 0.25) is 0 Å². The van der Waals surface area contributed by atoms with Gasteiger partial charge in [0.25, 0.3) is 5.91 Å². The van der Waals surface area contributed by atoms with E-state index in [1.54, 1.807) is 12.1 Å². The van der Waals surface area contributed by atoms with E-state index >= 15 is 0 Å². The highest BCUT2D eigenvalue weighted by molar-refractivity contribution is 5.96. The summed E-state index contributed by atoms with van der Waals surface area (Å²) in [7, 11) is 0. The van der Waals surface area contributed by atoms with Crippen LogP contribution >= 0.6 is 0 Å². The summed E-state index contributed by atoms with van der Waals surface area (Å²) >= 11 is 0. The van der Waals surface area contributed by atoms with E-state index in [1.165, 1.54) is 42.7 Å². The number of halogens is 3. The highest BCUT2D eigenvalue weighted by Crippen LogP contribution is 2.25. The maximum Gasteiger partial charge on any atom is 0.573 e. The van der Waals surface area contributed by atoms with E-state index in [4.69, 9.17) is 10.8 Å². The van der Waals surface area contributed by atoms with E-state index in [-0.39, 0.29) is 25.4 Å². The van der Waals surface area contributed by atoms with Gasteiger partial charge in [0.15, 0.2) is 0 Å². The molecule has 0 unspecified atom stereocenters. The van der Waals surface area contributed by atoms with Crippen LogP contribution in [0.15, 0.2) is 67.0 Å². The largest absolute Gasteiger partial charge is 0.573 e. The fourth-order valence-corrected chi connectivity index (χ4v) is 2.40. The number of nitrogens with zero attached hydrogens (tertiary/aromatic N) is 2. The van der Waals surface area contributed by atoms with Gasteiger partial charge in [-0.15, -0.1) is 13.2 Å². The summed E-state index contributed by atoms with van der Waals surface area (Å²) in [6.07, 6.45) is 1.16. The number of aromatic nitrogens is 2. The summed E-state index contributed by atoms with van der Waals surface area (Å²) in [6, 6.07) is 6.75. The van der Waals surface area contributed by atoms with Crippen LogP contribution in [0.2, 0.25) is 0 Å². The Balaban J connectivity index is 2.08. The highest BCUT2D eigenvalue weighted by atomic mass is 19.4. The number of hydrogen-bond acceptors (Lipinski definition) is 7. The monoisotopic (exact) mass is 449 g/mol. The molecule has 5 N–H and O–H groups in total. The molecule has 0 atom stereocenters. The van der Waals surface area contributed by atoms with Crippen LogP contribution in [0.5, 0.6) is 5.75 Å². The van der Waals surface area contributed by atoms with Crippen molar-refractivity contribution in [3.63, 3.8) is 0 Å². The molecule has 0 saturated carbocycles. The Hall–Kier alpha value is -3.70. The first-order chi connectivity index (χ1) is 15.2. The SMILES string of the molecule is C=C(/C=C\C(=C/CN)C(=O)NCCO)c1cc(Nc2ccc(OC(F)(F)F)cc2)ncn1. The second-order valence-electron chi connectivity index (χ2n) is 6.22. The van der Waals surface area contributed by atoms with Crippen LogP contribution in [-0.4, -0.2) is 47.0 Å². The summed E-state index contributed by atoms with van der Waals surface area (Å²) in [5.41, 5.74) is 7.21. The number of alkyl halides is 3. The second kappa shape index (κ2) is 11.6. The standard InChI is InChI=1S/C21H22F3N5O3/c1-14(2-3-15(8-9-25)20(31)26-10-11-30)18-12-19(28-13-27-18)29-16-4-6-17(7-5-16)32-21(22,23)24/h2-8,12-13,30H,1,9-11,25H2,(H,26,31)(H,27,28,29)/b3-2-,15-8+. The van der Waals surface area contributed by atoms with E-state index in [0.29, 0.717) is 28.3 Å². The second-order valence-corrected chi connectivity index (χ2v) is 6.22. The van der Waals surface area contributed by atoms with Gasteiger partial charge < -0.3 is 26.2 Å². The number of ether oxygens (including phenoxy) is 1. The number of amides is 1. The van der Waals surface area contributed by atoms with Crippen LogP contribution in [0.3, 0.4) is 0 Å². The molecule has 0 aliphatic carbocycles. The Bertz CT molecular complexity index is 989. The van der Waals surface area contributed by atoms with Crippen molar-refractivity contribution in [1.29, 1.82) is 0 Å². The van der Waals surface area contributed by atoms with Gasteiger partial charge in [-0.2, -0.15) is 0 Å². The van der Waals surface area contributed by atoms with Crippen LogP contribution in [0.25, 0.3) is 5.57 Å². The maximum atomic E-state index is 12.3. The minimum atomic E-state index is -4.76. The van der Waals surface area contributed by atoms with Gasteiger partial charge in [-0.3, -0.25) is 4.79 Å². The number of carbonyl (C=O) groups excluding carboxylic acids is 1. The summed E-state index contributed by atoms with van der Waals surface area (Å²) < 4.78 is 40.6. The molecule has 2 aromatic rings. The van der Waals surface area contributed by atoms with Gasteiger partial charge >= 0.3 is 6.36 Å². The molecule has 0 spiro atoms. The third-order valence-corrected chi connectivity index (χ3v) is 3.82. The van der Waals surface area contributed by atoms with Crippen molar-refractivity contribution < 1.29 is 27.8 Å². The number of benzene rings is 1. The minimum Gasteiger partial charge on any atom is -0.406 e. The number of nitrogens with one attached hydrogen (secondary N) is 2. The molecule has 0 aliphatic rings. The Morgan fingerprint density at radius 1 is 1.22 bits per heavy atom. The molecule has 0 aliphatic heterocycles. The van der Waals surface area contributed by atoms with E-state index in [9.17, 15) is 18.0 Å². The number of carbonyl (C=O) groups is 1. The number of anilines is 2. The predicted molar refractivity (Wildman–Crippen MR) is 114 cm³/mol. The zero-order valence-electron chi connectivity index (χ0n) is 16.9. The lowest BCUT2D eigenvalue weighted by atomic mass is 10.1. The van der Waals surface area contributed by atoms with Gasteiger partial charge in [0, 0.05) is 30.4 Å². The van der Waals surface area contributed by atoms with Crippen LogP contribution < -0.4 is 21.1 Å². The number of nitrogens with two attached hydrogens (primary N) is 1. The molecule has 1 aromatic heterocycles.